The lowest BCUT2D eigenvalue weighted by Gasteiger charge is -2.07. The van der Waals surface area contributed by atoms with Crippen LogP contribution in [0.2, 0.25) is 0 Å². The van der Waals surface area contributed by atoms with Crippen molar-refractivity contribution in [3.8, 4) is 0 Å². The van der Waals surface area contributed by atoms with Crippen LogP contribution in [0.4, 0.5) is 0 Å². The minimum atomic E-state index is -3.69. The lowest BCUT2D eigenvalue weighted by molar-refractivity contribution is 0.572. The van der Waals surface area contributed by atoms with Crippen molar-refractivity contribution < 1.29 is 8.42 Å². The van der Waals surface area contributed by atoms with Crippen LogP contribution in [0.15, 0.2) is 34.2 Å². The first-order chi connectivity index (χ1) is 10.9. The Balaban J connectivity index is 1.86. The molecule has 0 aliphatic carbocycles. The maximum atomic E-state index is 12.6. The normalized spacial score (nSPS) is 12.1. The van der Waals surface area contributed by atoms with Crippen LogP contribution in [0.1, 0.15) is 16.3 Å². The molecule has 2 aromatic heterocycles. The van der Waals surface area contributed by atoms with E-state index >= 15 is 0 Å². The monoisotopic (exact) mass is 368 g/mol. The van der Waals surface area contributed by atoms with Crippen LogP contribution in [-0.4, -0.2) is 29.3 Å². The van der Waals surface area contributed by atoms with Crippen molar-refractivity contribution in [1.29, 1.82) is 0 Å². The Morgan fingerprint density at radius 1 is 1.26 bits per heavy atom. The van der Waals surface area contributed by atoms with Gasteiger partial charge in [-0.2, -0.15) is 9.61 Å². The van der Waals surface area contributed by atoms with Crippen molar-refractivity contribution in [2.24, 2.45) is 0 Å². The number of nitrogens with one attached hydrogen (secondary N) is 1. The van der Waals surface area contributed by atoms with E-state index in [9.17, 15) is 8.42 Å². The van der Waals surface area contributed by atoms with Gasteiger partial charge in [0.15, 0.2) is 5.03 Å². The fourth-order valence-electron chi connectivity index (χ4n) is 2.22. The molecule has 0 aliphatic rings. The van der Waals surface area contributed by atoms with Gasteiger partial charge in [0.05, 0.1) is 5.69 Å². The molecule has 122 valence electrons. The van der Waals surface area contributed by atoms with Crippen LogP contribution >= 0.6 is 23.1 Å². The molecule has 0 spiro atoms. The van der Waals surface area contributed by atoms with Gasteiger partial charge in [-0.15, -0.1) is 11.8 Å². The molecule has 9 heteroatoms. The van der Waals surface area contributed by atoms with Gasteiger partial charge in [0.25, 0.3) is 10.0 Å². The average molecular weight is 369 g/mol. The fourth-order valence-corrected chi connectivity index (χ4v) is 4.76. The molecule has 0 amide bonds. The van der Waals surface area contributed by atoms with Crippen molar-refractivity contribution in [2.75, 3.05) is 6.26 Å². The molecule has 0 atom stereocenters. The zero-order valence-electron chi connectivity index (χ0n) is 12.9. The van der Waals surface area contributed by atoms with E-state index in [1.54, 1.807) is 18.7 Å². The Hall–Kier alpha value is -1.42. The standard InChI is InChI=1S/C14H16N4O2S3/c1-9-13(18-14(16-9)22-10(2)17-18)23(19,20)15-8-11-4-6-12(21-3)7-5-11/h4-7,15H,8H2,1-3H3. The SMILES string of the molecule is CSc1ccc(CNS(=O)(=O)c2c(C)nc3sc(C)nn23)cc1. The second kappa shape index (κ2) is 6.23. The molecule has 1 aromatic carbocycles. The van der Waals surface area contributed by atoms with E-state index in [1.165, 1.54) is 15.9 Å². The van der Waals surface area contributed by atoms with Crippen LogP contribution in [0, 0.1) is 13.8 Å². The first-order valence-corrected chi connectivity index (χ1v) is 10.4. The number of sulfonamides is 1. The number of hydrogen-bond donors (Lipinski definition) is 1. The molecule has 3 aromatic rings. The van der Waals surface area contributed by atoms with Crippen molar-refractivity contribution in [1.82, 2.24) is 19.3 Å². The Bertz CT molecular complexity index is 942. The Morgan fingerprint density at radius 3 is 2.61 bits per heavy atom. The summed E-state index contributed by atoms with van der Waals surface area (Å²) in [6, 6.07) is 7.78. The third-order valence-corrected chi connectivity index (χ3v) is 6.38. The summed E-state index contributed by atoms with van der Waals surface area (Å²) in [5.41, 5.74) is 1.35. The third-order valence-electron chi connectivity index (χ3n) is 3.31. The number of fused-ring (bicyclic) bond motifs is 1. The summed E-state index contributed by atoms with van der Waals surface area (Å²) in [4.78, 5) is 6.00. The number of benzene rings is 1. The van der Waals surface area contributed by atoms with Crippen molar-refractivity contribution in [2.45, 2.75) is 30.3 Å². The van der Waals surface area contributed by atoms with Gasteiger partial charge in [-0.1, -0.05) is 23.5 Å². The molecule has 2 heterocycles. The number of nitrogens with zero attached hydrogens (tertiary/aromatic N) is 3. The number of aromatic nitrogens is 3. The predicted molar refractivity (Wildman–Crippen MR) is 92.6 cm³/mol. The quantitative estimate of drug-likeness (QED) is 0.701. The highest BCUT2D eigenvalue weighted by Gasteiger charge is 2.25. The second-order valence-corrected chi connectivity index (χ2v) is 8.71. The van der Waals surface area contributed by atoms with Crippen molar-refractivity contribution in [3.63, 3.8) is 0 Å². The Labute approximate surface area is 143 Å². The molecule has 0 fully saturated rings. The van der Waals surface area contributed by atoms with E-state index in [1.807, 2.05) is 37.4 Å². The summed E-state index contributed by atoms with van der Waals surface area (Å²) in [7, 11) is -3.69. The number of imidazole rings is 1. The van der Waals surface area contributed by atoms with Gasteiger partial charge in [0.1, 0.15) is 5.01 Å². The number of thioether (sulfide) groups is 1. The summed E-state index contributed by atoms with van der Waals surface area (Å²) >= 11 is 3.02. The van der Waals surface area contributed by atoms with E-state index in [0.717, 1.165) is 15.5 Å². The highest BCUT2D eigenvalue weighted by Crippen LogP contribution is 2.22. The maximum Gasteiger partial charge on any atom is 0.260 e. The lowest BCUT2D eigenvalue weighted by Crippen LogP contribution is -2.25. The summed E-state index contributed by atoms with van der Waals surface area (Å²) in [5.74, 6) is 0. The molecule has 6 nitrogen and oxygen atoms in total. The highest BCUT2D eigenvalue weighted by atomic mass is 32.2. The smallest absolute Gasteiger partial charge is 0.221 e. The van der Waals surface area contributed by atoms with E-state index in [0.29, 0.717) is 10.7 Å². The first kappa shape index (κ1) is 16.4. The van der Waals surface area contributed by atoms with Gasteiger partial charge in [-0.05, 0) is 37.8 Å². The van der Waals surface area contributed by atoms with Gasteiger partial charge in [0, 0.05) is 11.4 Å². The molecule has 0 aliphatic heterocycles. The van der Waals surface area contributed by atoms with Crippen LogP contribution in [0.5, 0.6) is 0 Å². The minimum absolute atomic E-state index is 0.109. The van der Waals surface area contributed by atoms with Crippen LogP contribution in [0.25, 0.3) is 4.96 Å². The number of hydrogen-bond acceptors (Lipinski definition) is 6. The summed E-state index contributed by atoms with van der Waals surface area (Å²) < 4.78 is 29.3. The van der Waals surface area contributed by atoms with Crippen LogP contribution in [0.3, 0.4) is 0 Å². The van der Waals surface area contributed by atoms with Gasteiger partial charge < -0.3 is 0 Å². The Kier molecular flexibility index (Phi) is 4.45. The van der Waals surface area contributed by atoms with Gasteiger partial charge in [-0.3, -0.25) is 0 Å². The summed E-state index contributed by atoms with van der Waals surface area (Å²) in [5, 5.41) is 5.11. The molecule has 0 saturated carbocycles. The highest BCUT2D eigenvalue weighted by molar-refractivity contribution is 7.98. The summed E-state index contributed by atoms with van der Waals surface area (Å²) in [6.45, 7) is 3.73. The van der Waals surface area contributed by atoms with E-state index in [4.69, 9.17) is 0 Å². The first-order valence-electron chi connectivity index (χ1n) is 6.86. The predicted octanol–water partition coefficient (Wildman–Crippen LogP) is 2.61. The van der Waals surface area contributed by atoms with Crippen LogP contribution < -0.4 is 4.72 Å². The topological polar surface area (TPSA) is 76.4 Å². The third kappa shape index (κ3) is 3.27. The Morgan fingerprint density at radius 2 is 1.96 bits per heavy atom. The zero-order chi connectivity index (χ0) is 16.6. The molecule has 0 bridgehead atoms. The van der Waals surface area contributed by atoms with Crippen LogP contribution in [-0.2, 0) is 16.6 Å². The van der Waals surface area contributed by atoms with E-state index in [2.05, 4.69) is 14.8 Å². The summed E-state index contributed by atoms with van der Waals surface area (Å²) in [6.07, 6.45) is 2.00. The molecule has 1 N–H and O–H groups in total. The zero-order valence-corrected chi connectivity index (χ0v) is 15.3. The number of aryl methyl sites for hydroxylation is 2. The molecule has 0 unspecified atom stereocenters. The molecule has 3 rings (SSSR count). The molecule has 0 saturated heterocycles. The van der Waals surface area contributed by atoms with E-state index < -0.39 is 10.0 Å². The van der Waals surface area contributed by atoms with Crippen molar-refractivity contribution in [3.05, 3.63) is 40.5 Å². The fraction of sp³-hybridized carbons (Fsp3) is 0.286. The molecule has 0 radical (unpaired) electrons. The average Bonchev–Trinajstić information content (AvgIpc) is 2.99. The molecule has 23 heavy (non-hydrogen) atoms. The van der Waals surface area contributed by atoms with Gasteiger partial charge in [-0.25, -0.2) is 18.1 Å². The van der Waals surface area contributed by atoms with Crippen molar-refractivity contribution >= 4 is 38.1 Å². The van der Waals surface area contributed by atoms with E-state index in [-0.39, 0.29) is 11.6 Å². The minimum Gasteiger partial charge on any atom is -0.221 e. The molecular formula is C14H16N4O2S3. The second-order valence-electron chi connectivity index (χ2n) is 4.99. The van der Waals surface area contributed by atoms with Gasteiger partial charge >= 0.3 is 0 Å². The lowest BCUT2D eigenvalue weighted by atomic mass is 10.2. The maximum absolute atomic E-state index is 12.6. The number of rotatable bonds is 5. The molecular weight excluding hydrogens is 352 g/mol. The largest absolute Gasteiger partial charge is 0.260 e. The van der Waals surface area contributed by atoms with Gasteiger partial charge in [0.2, 0.25) is 4.96 Å².